The number of imidazole rings is 1. The van der Waals surface area contributed by atoms with E-state index in [-0.39, 0.29) is 0 Å². The molecular weight excluding hydrogens is 246 g/mol. The van der Waals surface area contributed by atoms with Gasteiger partial charge in [-0.25, -0.2) is 4.98 Å². The number of nitrogens with two attached hydrogens (primary N) is 1. The van der Waals surface area contributed by atoms with Gasteiger partial charge < -0.3 is 15.0 Å². The topological polar surface area (TPSA) is 53.1 Å². The molecule has 2 rings (SSSR count). The second-order valence-electron chi connectivity index (χ2n) is 4.33. The van der Waals surface area contributed by atoms with Gasteiger partial charge in [0.1, 0.15) is 5.75 Å². The number of fused-ring (bicyclic) bond motifs is 1. The highest BCUT2D eigenvalue weighted by atomic mass is 32.2. The second kappa shape index (κ2) is 5.52. The molecule has 0 radical (unpaired) electrons. The van der Waals surface area contributed by atoms with Crippen LogP contribution in [0.25, 0.3) is 11.0 Å². The zero-order chi connectivity index (χ0) is 13.1. The molecular formula is C13H19N3OS. The molecule has 2 N–H and O–H groups in total. The van der Waals surface area contributed by atoms with Crippen molar-refractivity contribution in [2.24, 2.45) is 0 Å². The van der Waals surface area contributed by atoms with Gasteiger partial charge in [0, 0.05) is 12.1 Å². The van der Waals surface area contributed by atoms with Crippen LogP contribution in [-0.2, 0) is 0 Å². The quantitative estimate of drug-likeness (QED) is 0.903. The molecule has 0 aliphatic carbocycles. The summed E-state index contributed by atoms with van der Waals surface area (Å²) < 4.78 is 7.35. The largest absolute Gasteiger partial charge is 0.497 e. The Labute approximate surface area is 112 Å². The average molecular weight is 265 g/mol. The van der Waals surface area contributed by atoms with Gasteiger partial charge in [-0.1, -0.05) is 0 Å². The molecule has 0 saturated heterocycles. The summed E-state index contributed by atoms with van der Waals surface area (Å²) >= 11 is 1.85. The number of ether oxygens (including phenoxy) is 1. The molecule has 0 spiro atoms. The van der Waals surface area contributed by atoms with Gasteiger partial charge in [-0.15, -0.1) is 0 Å². The average Bonchev–Trinajstić information content (AvgIpc) is 2.70. The van der Waals surface area contributed by atoms with Crippen molar-refractivity contribution in [1.29, 1.82) is 0 Å². The number of benzene rings is 1. The predicted molar refractivity (Wildman–Crippen MR) is 78.4 cm³/mol. The summed E-state index contributed by atoms with van der Waals surface area (Å²) in [5, 5.41) is 0. The summed E-state index contributed by atoms with van der Waals surface area (Å²) in [7, 11) is 1.67. The fourth-order valence-corrected chi connectivity index (χ4v) is 2.68. The maximum atomic E-state index is 6.02. The number of hydrogen-bond donors (Lipinski definition) is 1. The lowest BCUT2D eigenvalue weighted by atomic mass is 10.2. The Morgan fingerprint density at radius 1 is 1.50 bits per heavy atom. The third kappa shape index (κ3) is 2.41. The fourth-order valence-electron chi connectivity index (χ4n) is 2.10. The third-order valence-corrected chi connectivity index (χ3v) is 3.75. The van der Waals surface area contributed by atoms with Crippen molar-refractivity contribution in [3.63, 3.8) is 0 Å². The lowest BCUT2D eigenvalue weighted by molar-refractivity contribution is 0.415. The molecule has 1 heterocycles. The van der Waals surface area contributed by atoms with E-state index in [1.54, 1.807) is 7.11 Å². The van der Waals surface area contributed by atoms with Gasteiger partial charge in [0.05, 0.1) is 18.1 Å². The van der Waals surface area contributed by atoms with Crippen molar-refractivity contribution < 1.29 is 4.74 Å². The van der Waals surface area contributed by atoms with Crippen LogP contribution in [0, 0.1) is 0 Å². The number of nitrogens with zero attached hydrogens (tertiary/aromatic N) is 2. The summed E-state index contributed by atoms with van der Waals surface area (Å²) in [6, 6.07) is 6.19. The van der Waals surface area contributed by atoms with Gasteiger partial charge in [0.25, 0.3) is 0 Å². The zero-order valence-corrected chi connectivity index (χ0v) is 11.8. The zero-order valence-electron chi connectivity index (χ0n) is 11.0. The first-order valence-electron chi connectivity index (χ1n) is 5.97. The minimum atomic E-state index is 0.342. The Morgan fingerprint density at radius 3 is 2.94 bits per heavy atom. The van der Waals surface area contributed by atoms with Crippen LogP contribution >= 0.6 is 11.8 Å². The van der Waals surface area contributed by atoms with Gasteiger partial charge in [-0.2, -0.15) is 11.8 Å². The van der Waals surface area contributed by atoms with E-state index >= 15 is 0 Å². The Hall–Kier alpha value is -1.36. The molecule has 0 aliphatic heterocycles. The molecule has 1 unspecified atom stereocenters. The molecule has 18 heavy (non-hydrogen) atoms. The van der Waals surface area contributed by atoms with Crippen LogP contribution in [0.4, 0.5) is 5.95 Å². The molecule has 4 nitrogen and oxygen atoms in total. The van der Waals surface area contributed by atoms with E-state index in [9.17, 15) is 0 Å². The molecule has 1 aromatic carbocycles. The van der Waals surface area contributed by atoms with E-state index in [1.807, 2.05) is 30.0 Å². The van der Waals surface area contributed by atoms with Crippen molar-refractivity contribution in [1.82, 2.24) is 9.55 Å². The normalized spacial score (nSPS) is 12.8. The number of anilines is 1. The van der Waals surface area contributed by atoms with Crippen molar-refractivity contribution in [2.45, 2.75) is 19.4 Å². The Balaban J connectivity index is 2.44. The van der Waals surface area contributed by atoms with E-state index < -0.39 is 0 Å². The number of aromatic nitrogens is 2. The summed E-state index contributed by atoms with van der Waals surface area (Å²) in [4.78, 5) is 4.40. The summed E-state index contributed by atoms with van der Waals surface area (Å²) in [5.41, 5.74) is 7.98. The molecule has 0 bridgehead atoms. The molecule has 0 amide bonds. The third-order valence-electron chi connectivity index (χ3n) is 3.10. The molecule has 0 aliphatic rings. The van der Waals surface area contributed by atoms with Gasteiger partial charge in [-0.05, 0) is 37.5 Å². The molecule has 1 atom stereocenters. The molecule has 0 fully saturated rings. The van der Waals surface area contributed by atoms with Crippen LogP contribution in [0.15, 0.2) is 18.2 Å². The smallest absolute Gasteiger partial charge is 0.201 e. The SMILES string of the molecule is COc1ccc2nc(N)n(C(C)CCSC)c2c1. The Kier molecular flexibility index (Phi) is 4.01. The maximum Gasteiger partial charge on any atom is 0.201 e. The number of rotatable bonds is 5. The lowest BCUT2D eigenvalue weighted by Gasteiger charge is -2.15. The first-order chi connectivity index (χ1) is 8.67. The first kappa shape index (κ1) is 13.1. The van der Waals surface area contributed by atoms with E-state index in [2.05, 4.69) is 22.7 Å². The molecule has 1 aromatic heterocycles. The van der Waals surface area contributed by atoms with E-state index in [0.717, 1.165) is 29.0 Å². The summed E-state index contributed by atoms with van der Waals surface area (Å²) in [6.45, 7) is 2.17. The number of nitrogen functional groups attached to an aromatic ring is 1. The molecule has 0 saturated carbocycles. The minimum Gasteiger partial charge on any atom is -0.497 e. The number of hydrogen-bond acceptors (Lipinski definition) is 4. The molecule has 5 heteroatoms. The predicted octanol–water partition coefficient (Wildman–Crippen LogP) is 2.94. The van der Waals surface area contributed by atoms with Crippen LogP contribution in [0.1, 0.15) is 19.4 Å². The van der Waals surface area contributed by atoms with E-state index in [1.165, 1.54) is 0 Å². The molecule has 98 valence electrons. The van der Waals surface area contributed by atoms with E-state index in [4.69, 9.17) is 10.5 Å². The highest BCUT2D eigenvalue weighted by Gasteiger charge is 2.14. The van der Waals surface area contributed by atoms with Crippen LogP contribution in [0.2, 0.25) is 0 Å². The van der Waals surface area contributed by atoms with Crippen LogP contribution < -0.4 is 10.5 Å². The van der Waals surface area contributed by atoms with Crippen molar-refractivity contribution in [3.05, 3.63) is 18.2 Å². The Morgan fingerprint density at radius 2 is 2.28 bits per heavy atom. The summed E-state index contributed by atoms with van der Waals surface area (Å²) in [6.07, 6.45) is 3.19. The van der Waals surface area contributed by atoms with Crippen LogP contribution in [0.3, 0.4) is 0 Å². The lowest BCUT2D eigenvalue weighted by Crippen LogP contribution is -2.09. The monoisotopic (exact) mass is 265 g/mol. The summed E-state index contributed by atoms with van der Waals surface area (Å²) in [5.74, 6) is 2.53. The Bertz CT molecular complexity index is 538. The standard InChI is InChI=1S/C13H19N3OS/c1-9(6-7-18-3)16-12-8-10(17-2)4-5-11(12)15-13(16)14/h4-5,8-9H,6-7H2,1-3H3,(H2,14,15). The van der Waals surface area contributed by atoms with Crippen molar-refractivity contribution >= 4 is 28.7 Å². The van der Waals surface area contributed by atoms with Gasteiger partial charge in [0.15, 0.2) is 0 Å². The van der Waals surface area contributed by atoms with E-state index in [0.29, 0.717) is 12.0 Å². The highest BCUT2D eigenvalue weighted by molar-refractivity contribution is 7.98. The first-order valence-corrected chi connectivity index (χ1v) is 7.37. The number of thioether (sulfide) groups is 1. The van der Waals surface area contributed by atoms with Gasteiger partial charge >= 0.3 is 0 Å². The van der Waals surface area contributed by atoms with Gasteiger partial charge in [0.2, 0.25) is 5.95 Å². The number of methoxy groups -OCH3 is 1. The van der Waals surface area contributed by atoms with Crippen molar-refractivity contribution in [2.75, 3.05) is 24.9 Å². The highest BCUT2D eigenvalue weighted by Crippen LogP contribution is 2.28. The van der Waals surface area contributed by atoms with Crippen LogP contribution in [-0.4, -0.2) is 28.7 Å². The molecule has 2 aromatic rings. The van der Waals surface area contributed by atoms with Crippen LogP contribution in [0.5, 0.6) is 5.75 Å². The van der Waals surface area contributed by atoms with Gasteiger partial charge in [-0.3, -0.25) is 0 Å². The van der Waals surface area contributed by atoms with Crippen molar-refractivity contribution in [3.8, 4) is 5.75 Å². The fraction of sp³-hybridized carbons (Fsp3) is 0.462. The maximum absolute atomic E-state index is 6.02. The second-order valence-corrected chi connectivity index (χ2v) is 5.31. The minimum absolute atomic E-state index is 0.342.